The molecular weight excluding hydrogens is 425 g/mol. The van der Waals surface area contributed by atoms with Crippen molar-refractivity contribution in [3.05, 3.63) is 54.4 Å². The largest absolute Gasteiger partial charge is 0.339 e. The van der Waals surface area contributed by atoms with Crippen molar-refractivity contribution in [2.45, 2.75) is 18.8 Å². The lowest BCUT2D eigenvalue weighted by Gasteiger charge is -2.37. The Morgan fingerprint density at radius 2 is 1.91 bits per heavy atom. The fourth-order valence-electron chi connectivity index (χ4n) is 4.45. The maximum atomic E-state index is 13.5. The topological polar surface area (TPSA) is 91.5 Å². The summed E-state index contributed by atoms with van der Waals surface area (Å²) < 4.78 is 19.0. The van der Waals surface area contributed by atoms with Crippen LogP contribution in [0.3, 0.4) is 0 Å². The zero-order valence-corrected chi connectivity index (χ0v) is 18.3. The van der Waals surface area contributed by atoms with Gasteiger partial charge >= 0.3 is 0 Å². The summed E-state index contributed by atoms with van der Waals surface area (Å²) in [6, 6.07) is 7.96. The molecule has 2 aromatic heterocycles. The van der Waals surface area contributed by atoms with E-state index in [2.05, 4.69) is 29.9 Å². The van der Waals surface area contributed by atoms with E-state index in [1.165, 1.54) is 12.1 Å². The number of anilines is 1. The monoisotopic (exact) mass is 451 g/mol. The van der Waals surface area contributed by atoms with Gasteiger partial charge in [-0.15, -0.1) is 0 Å². The second-order valence-corrected chi connectivity index (χ2v) is 8.46. The summed E-state index contributed by atoms with van der Waals surface area (Å²) in [6.45, 7) is 4.71. The van der Waals surface area contributed by atoms with Crippen LogP contribution >= 0.6 is 0 Å². The number of rotatable bonds is 5. The number of benzene rings is 1. The molecule has 10 heteroatoms. The summed E-state index contributed by atoms with van der Waals surface area (Å²) >= 11 is 0. The summed E-state index contributed by atoms with van der Waals surface area (Å²) in [5.41, 5.74) is 0.591. The van der Waals surface area contributed by atoms with Crippen LogP contribution in [-0.4, -0.2) is 81.6 Å². The Balaban J connectivity index is 1.15. The highest BCUT2D eigenvalue weighted by atomic mass is 19.1. The lowest BCUT2D eigenvalue weighted by Crippen LogP contribution is -2.52. The maximum Gasteiger partial charge on any atom is 0.236 e. The molecule has 0 radical (unpaired) electrons. The third-order valence-corrected chi connectivity index (χ3v) is 6.21. The Bertz CT molecular complexity index is 1090. The van der Waals surface area contributed by atoms with E-state index >= 15 is 0 Å². The van der Waals surface area contributed by atoms with Gasteiger partial charge in [0.05, 0.1) is 12.5 Å². The van der Waals surface area contributed by atoms with Gasteiger partial charge in [-0.05, 0) is 37.6 Å². The molecule has 0 bridgehead atoms. The van der Waals surface area contributed by atoms with E-state index in [0.717, 1.165) is 32.5 Å². The standard InChI is InChI=1S/C23H26FN7O2/c24-19-6-1-4-17(14-19)21-27-22(33-28-21)18-5-2-9-29(15-18)16-20(32)30-10-12-31(13-11-30)23-25-7-3-8-26-23/h1,3-4,6-8,14,18H,2,5,9-13,15-16H2. The molecule has 3 aromatic rings. The Morgan fingerprint density at radius 3 is 2.70 bits per heavy atom. The molecule has 0 aliphatic carbocycles. The summed E-state index contributed by atoms with van der Waals surface area (Å²) in [6.07, 6.45) is 5.34. The van der Waals surface area contributed by atoms with Crippen molar-refractivity contribution in [1.82, 2.24) is 29.9 Å². The second-order valence-electron chi connectivity index (χ2n) is 8.46. The van der Waals surface area contributed by atoms with Gasteiger partial charge in [0.1, 0.15) is 5.82 Å². The highest BCUT2D eigenvalue weighted by molar-refractivity contribution is 5.78. The van der Waals surface area contributed by atoms with Crippen LogP contribution in [0.1, 0.15) is 24.7 Å². The summed E-state index contributed by atoms with van der Waals surface area (Å²) in [7, 11) is 0. The number of hydrogen-bond donors (Lipinski definition) is 0. The fourth-order valence-corrected chi connectivity index (χ4v) is 4.45. The van der Waals surface area contributed by atoms with Crippen molar-refractivity contribution >= 4 is 11.9 Å². The lowest BCUT2D eigenvalue weighted by molar-refractivity contribution is -0.133. The van der Waals surface area contributed by atoms with Crippen LogP contribution in [0.25, 0.3) is 11.4 Å². The summed E-state index contributed by atoms with van der Waals surface area (Å²) in [5, 5.41) is 4.03. The van der Waals surface area contributed by atoms with Gasteiger partial charge < -0.3 is 14.3 Å². The predicted molar refractivity (Wildman–Crippen MR) is 119 cm³/mol. The van der Waals surface area contributed by atoms with Gasteiger partial charge in [0, 0.05) is 50.7 Å². The van der Waals surface area contributed by atoms with E-state index in [1.807, 2.05) is 4.90 Å². The third kappa shape index (κ3) is 5.00. The fraction of sp³-hybridized carbons (Fsp3) is 0.435. The van der Waals surface area contributed by atoms with E-state index < -0.39 is 0 Å². The van der Waals surface area contributed by atoms with Gasteiger partial charge in [-0.25, -0.2) is 14.4 Å². The number of amides is 1. The minimum absolute atomic E-state index is 0.0634. The summed E-state index contributed by atoms with van der Waals surface area (Å²) in [5.74, 6) is 1.50. The van der Waals surface area contributed by atoms with Gasteiger partial charge in [-0.3, -0.25) is 9.69 Å². The lowest BCUT2D eigenvalue weighted by atomic mass is 9.98. The molecule has 2 aliphatic heterocycles. The van der Waals surface area contributed by atoms with Gasteiger partial charge in [0.15, 0.2) is 0 Å². The molecular formula is C23H26FN7O2. The zero-order valence-electron chi connectivity index (χ0n) is 18.3. The molecule has 5 rings (SSSR count). The first kappa shape index (κ1) is 21.4. The van der Waals surface area contributed by atoms with Crippen molar-refractivity contribution in [2.24, 2.45) is 0 Å². The molecule has 33 heavy (non-hydrogen) atoms. The van der Waals surface area contributed by atoms with Crippen molar-refractivity contribution in [2.75, 3.05) is 50.7 Å². The van der Waals surface area contributed by atoms with Gasteiger partial charge in [0.25, 0.3) is 0 Å². The molecule has 2 fully saturated rings. The molecule has 0 spiro atoms. The van der Waals surface area contributed by atoms with E-state index in [4.69, 9.17) is 4.52 Å². The average molecular weight is 452 g/mol. The van der Waals surface area contributed by atoms with Gasteiger partial charge in [-0.2, -0.15) is 4.98 Å². The van der Waals surface area contributed by atoms with Crippen LogP contribution in [0.15, 0.2) is 47.2 Å². The molecule has 0 saturated carbocycles. The predicted octanol–water partition coefficient (Wildman–Crippen LogP) is 2.19. The molecule has 0 N–H and O–H groups in total. The molecule has 1 aromatic carbocycles. The van der Waals surface area contributed by atoms with E-state index in [0.29, 0.717) is 49.4 Å². The Hall–Kier alpha value is -3.40. The molecule has 2 saturated heterocycles. The number of carbonyl (C=O) groups is 1. The maximum absolute atomic E-state index is 13.5. The minimum atomic E-state index is -0.335. The van der Waals surface area contributed by atoms with Crippen molar-refractivity contribution in [1.29, 1.82) is 0 Å². The number of piperazine rings is 1. The van der Waals surface area contributed by atoms with E-state index in [-0.39, 0.29) is 17.6 Å². The number of likely N-dealkylation sites (tertiary alicyclic amines) is 1. The molecule has 1 unspecified atom stereocenters. The van der Waals surface area contributed by atoms with E-state index in [1.54, 1.807) is 30.6 Å². The first-order valence-corrected chi connectivity index (χ1v) is 11.3. The molecule has 1 amide bonds. The smallest absolute Gasteiger partial charge is 0.236 e. The minimum Gasteiger partial charge on any atom is -0.339 e. The number of hydrogen-bond acceptors (Lipinski definition) is 8. The summed E-state index contributed by atoms with van der Waals surface area (Å²) in [4.78, 5) is 32.2. The zero-order chi connectivity index (χ0) is 22.6. The number of aromatic nitrogens is 4. The molecule has 1 atom stereocenters. The SMILES string of the molecule is O=C(CN1CCCC(c2nc(-c3cccc(F)c3)no2)C1)N1CCN(c2ncccn2)CC1. The van der Waals surface area contributed by atoms with Crippen LogP contribution in [0.5, 0.6) is 0 Å². The van der Waals surface area contributed by atoms with Crippen LogP contribution in [0.4, 0.5) is 10.3 Å². The second kappa shape index (κ2) is 9.62. The van der Waals surface area contributed by atoms with Gasteiger partial charge in [-0.1, -0.05) is 17.3 Å². The number of nitrogens with zero attached hydrogens (tertiary/aromatic N) is 7. The molecule has 172 valence electrons. The molecule has 4 heterocycles. The highest BCUT2D eigenvalue weighted by Crippen LogP contribution is 2.28. The Labute approximate surface area is 191 Å². The van der Waals surface area contributed by atoms with Crippen LogP contribution in [0.2, 0.25) is 0 Å². The van der Waals surface area contributed by atoms with Crippen molar-refractivity contribution in [3.8, 4) is 11.4 Å². The van der Waals surface area contributed by atoms with Crippen molar-refractivity contribution < 1.29 is 13.7 Å². The highest BCUT2D eigenvalue weighted by Gasteiger charge is 2.29. The quantitative estimate of drug-likeness (QED) is 0.583. The van der Waals surface area contributed by atoms with Crippen LogP contribution < -0.4 is 4.90 Å². The van der Waals surface area contributed by atoms with Gasteiger partial charge in [0.2, 0.25) is 23.6 Å². The third-order valence-electron chi connectivity index (χ3n) is 6.21. The van der Waals surface area contributed by atoms with Crippen LogP contribution in [-0.2, 0) is 4.79 Å². The van der Waals surface area contributed by atoms with Crippen LogP contribution in [0, 0.1) is 5.82 Å². The number of carbonyl (C=O) groups excluding carboxylic acids is 1. The molecule has 2 aliphatic rings. The first-order valence-electron chi connectivity index (χ1n) is 11.3. The number of piperidine rings is 1. The first-order chi connectivity index (χ1) is 16.2. The average Bonchev–Trinajstić information content (AvgIpc) is 3.35. The molecule has 9 nitrogen and oxygen atoms in total. The van der Waals surface area contributed by atoms with E-state index in [9.17, 15) is 9.18 Å². The Kier molecular flexibility index (Phi) is 6.25. The normalized spacial score (nSPS) is 19.6. The van der Waals surface area contributed by atoms with Crippen molar-refractivity contribution in [3.63, 3.8) is 0 Å². The number of halogens is 1. The Morgan fingerprint density at radius 1 is 1.09 bits per heavy atom.